The van der Waals surface area contributed by atoms with E-state index in [0.29, 0.717) is 19.5 Å². The Labute approximate surface area is 153 Å². The van der Waals surface area contributed by atoms with Crippen LogP contribution in [0.15, 0.2) is 28.9 Å². The van der Waals surface area contributed by atoms with Crippen LogP contribution in [0.5, 0.6) is 5.75 Å². The highest BCUT2D eigenvalue weighted by molar-refractivity contribution is 5.88. The van der Waals surface area contributed by atoms with E-state index in [-0.39, 0.29) is 17.7 Å². The predicted molar refractivity (Wildman–Crippen MR) is 99.1 cm³/mol. The van der Waals surface area contributed by atoms with Gasteiger partial charge in [0.05, 0.1) is 19.8 Å². The van der Waals surface area contributed by atoms with Crippen LogP contribution in [0.3, 0.4) is 0 Å². The third kappa shape index (κ3) is 4.00. The summed E-state index contributed by atoms with van der Waals surface area (Å²) in [5.74, 6) is 0.950. The number of rotatable bonds is 6. The zero-order valence-corrected chi connectivity index (χ0v) is 15.4. The van der Waals surface area contributed by atoms with Crippen molar-refractivity contribution >= 4 is 22.8 Å². The van der Waals surface area contributed by atoms with E-state index in [1.807, 2.05) is 30.0 Å². The Hall–Kier alpha value is -2.50. The van der Waals surface area contributed by atoms with Gasteiger partial charge in [-0.25, -0.2) is 0 Å². The van der Waals surface area contributed by atoms with Crippen LogP contribution in [0.25, 0.3) is 11.0 Å². The number of likely N-dealkylation sites (tertiary alicyclic amines) is 1. The van der Waals surface area contributed by atoms with E-state index in [0.717, 1.165) is 48.1 Å². The predicted octanol–water partition coefficient (Wildman–Crippen LogP) is 2.75. The normalized spacial score (nSPS) is 15.2. The first-order valence-electron chi connectivity index (χ1n) is 9.22. The highest BCUT2D eigenvalue weighted by Crippen LogP contribution is 2.26. The van der Waals surface area contributed by atoms with Gasteiger partial charge in [-0.1, -0.05) is 6.92 Å². The van der Waals surface area contributed by atoms with E-state index in [1.54, 1.807) is 13.4 Å². The molecule has 0 unspecified atom stereocenters. The highest BCUT2D eigenvalue weighted by atomic mass is 16.5. The van der Waals surface area contributed by atoms with Gasteiger partial charge >= 0.3 is 0 Å². The number of carbonyl (C=O) groups excluding carboxylic acids is 2. The summed E-state index contributed by atoms with van der Waals surface area (Å²) in [7, 11) is 1.61. The molecule has 0 aliphatic carbocycles. The van der Waals surface area contributed by atoms with Crippen molar-refractivity contribution < 1.29 is 18.7 Å². The second kappa shape index (κ2) is 8.25. The molecule has 0 radical (unpaired) electrons. The van der Waals surface area contributed by atoms with E-state index in [4.69, 9.17) is 9.15 Å². The van der Waals surface area contributed by atoms with Crippen molar-refractivity contribution in [2.75, 3.05) is 26.7 Å². The van der Waals surface area contributed by atoms with Gasteiger partial charge in [0.1, 0.15) is 11.3 Å². The molecule has 140 valence electrons. The molecule has 1 fully saturated rings. The van der Waals surface area contributed by atoms with E-state index in [9.17, 15) is 9.59 Å². The highest BCUT2D eigenvalue weighted by Gasteiger charge is 2.27. The summed E-state index contributed by atoms with van der Waals surface area (Å²) < 4.78 is 10.8. The van der Waals surface area contributed by atoms with Crippen LogP contribution in [0.2, 0.25) is 0 Å². The van der Waals surface area contributed by atoms with Crippen molar-refractivity contribution in [1.82, 2.24) is 10.2 Å². The standard InChI is InChI=1S/C20H26N2O4/c1-3-8-21-20(24)14-6-9-22(10-7-14)19(23)11-15-13-26-18-12-16(25-2)4-5-17(15)18/h4-5,12-14H,3,6-11H2,1-2H3,(H,21,24). The molecule has 2 aromatic rings. The molecule has 0 saturated carbocycles. The van der Waals surface area contributed by atoms with Crippen LogP contribution in [0.1, 0.15) is 31.7 Å². The zero-order valence-electron chi connectivity index (χ0n) is 15.4. The summed E-state index contributed by atoms with van der Waals surface area (Å²) in [6, 6.07) is 5.61. The van der Waals surface area contributed by atoms with Gasteiger partial charge in [0.25, 0.3) is 0 Å². The number of hydrogen-bond acceptors (Lipinski definition) is 4. The minimum Gasteiger partial charge on any atom is -0.497 e. The first-order valence-corrected chi connectivity index (χ1v) is 9.22. The summed E-state index contributed by atoms with van der Waals surface area (Å²) >= 11 is 0. The summed E-state index contributed by atoms with van der Waals surface area (Å²) in [4.78, 5) is 26.5. The third-order valence-corrected chi connectivity index (χ3v) is 4.97. The quantitative estimate of drug-likeness (QED) is 0.862. The van der Waals surface area contributed by atoms with Crippen molar-refractivity contribution in [3.05, 3.63) is 30.0 Å². The van der Waals surface area contributed by atoms with E-state index in [2.05, 4.69) is 5.32 Å². The number of carbonyl (C=O) groups is 2. The average molecular weight is 358 g/mol. The molecule has 1 saturated heterocycles. The Morgan fingerprint density at radius 2 is 2.08 bits per heavy atom. The van der Waals surface area contributed by atoms with Crippen LogP contribution >= 0.6 is 0 Å². The fourth-order valence-corrected chi connectivity index (χ4v) is 3.39. The van der Waals surface area contributed by atoms with Crippen LogP contribution in [0, 0.1) is 5.92 Å². The lowest BCUT2D eigenvalue weighted by molar-refractivity contribution is -0.135. The number of furan rings is 1. The number of piperidine rings is 1. The van der Waals surface area contributed by atoms with Crippen LogP contribution < -0.4 is 10.1 Å². The van der Waals surface area contributed by atoms with Gasteiger partial charge < -0.3 is 19.4 Å². The molecule has 1 aromatic carbocycles. The molecule has 1 aliphatic rings. The minimum absolute atomic E-state index is 0.0211. The molecule has 0 atom stereocenters. The summed E-state index contributed by atoms with van der Waals surface area (Å²) in [6.45, 7) is 4.02. The van der Waals surface area contributed by atoms with Gasteiger partial charge in [-0.2, -0.15) is 0 Å². The summed E-state index contributed by atoms with van der Waals surface area (Å²) in [6.07, 6.45) is 4.35. The molecule has 0 spiro atoms. The Morgan fingerprint density at radius 3 is 2.77 bits per heavy atom. The number of nitrogens with one attached hydrogen (secondary N) is 1. The molecule has 1 aromatic heterocycles. The Balaban J connectivity index is 1.57. The van der Waals surface area contributed by atoms with Gasteiger partial charge in [-0.15, -0.1) is 0 Å². The summed E-state index contributed by atoms with van der Waals surface area (Å²) in [5, 5.41) is 3.88. The maximum Gasteiger partial charge on any atom is 0.227 e. The van der Waals surface area contributed by atoms with Crippen molar-refractivity contribution in [3.63, 3.8) is 0 Å². The Morgan fingerprint density at radius 1 is 1.31 bits per heavy atom. The van der Waals surface area contributed by atoms with Gasteiger partial charge in [0.15, 0.2) is 0 Å². The fraction of sp³-hybridized carbons (Fsp3) is 0.500. The molecule has 1 N–H and O–H groups in total. The SMILES string of the molecule is CCCNC(=O)C1CCN(C(=O)Cc2coc3cc(OC)ccc23)CC1. The molecule has 6 heteroatoms. The van der Waals surface area contributed by atoms with Gasteiger partial charge in [0.2, 0.25) is 11.8 Å². The molecular formula is C20H26N2O4. The van der Waals surface area contributed by atoms with Crippen LogP contribution in [-0.4, -0.2) is 43.5 Å². The smallest absolute Gasteiger partial charge is 0.227 e. The number of ether oxygens (including phenoxy) is 1. The summed E-state index contributed by atoms with van der Waals surface area (Å²) in [5.41, 5.74) is 1.61. The fourth-order valence-electron chi connectivity index (χ4n) is 3.39. The molecule has 26 heavy (non-hydrogen) atoms. The topological polar surface area (TPSA) is 71.8 Å². The molecule has 2 amide bonds. The van der Waals surface area contributed by atoms with Crippen molar-refractivity contribution in [1.29, 1.82) is 0 Å². The maximum atomic E-state index is 12.6. The molecule has 0 bridgehead atoms. The van der Waals surface area contributed by atoms with E-state index < -0.39 is 0 Å². The monoisotopic (exact) mass is 358 g/mol. The lowest BCUT2D eigenvalue weighted by atomic mass is 9.95. The van der Waals surface area contributed by atoms with Crippen molar-refractivity contribution in [2.45, 2.75) is 32.6 Å². The number of nitrogens with zero attached hydrogens (tertiary/aromatic N) is 1. The second-order valence-corrected chi connectivity index (χ2v) is 6.75. The largest absolute Gasteiger partial charge is 0.497 e. The Kier molecular flexibility index (Phi) is 5.81. The molecular weight excluding hydrogens is 332 g/mol. The number of amides is 2. The third-order valence-electron chi connectivity index (χ3n) is 4.97. The van der Waals surface area contributed by atoms with E-state index >= 15 is 0 Å². The van der Waals surface area contributed by atoms with Crippen LogP contribution in [-0.2, 0) is 16.0 Å². The van der Waals surface area contributed by atoms with Crippen LogP contribution in [0.4, 0.5) is 0 Å². The van der Waals surface area contributed by atoms with Gasteiger partial charge in [-0.3, -0.25) is 9.59 Å². The number of hydrogen-bond donors (Lipinski definition) is 1. The van der Waals surface area contributed by atoms with E-state index in [1.165, 1.54) is 0 Å². The molecule has 2 heterocycles. The minimum atomic E-state index is 0.0211. The zero-order chi connectivity index (χ0) is 18.5. The molecule has 1 aliphatic heterocycles. The lowest BCUT2D eigenvalue weighted by Gasteiger charge is -2.31. The van der Waals surface area contributed by atoms with Crippen molar-refractivity contribution in [3.8, 4) is 5.75 Å². The second-order valence-electron chi connectivity index (χ2n) is 6.75. The first-order chi connectivity index (χ1) is 12.6. The van der Waals surface area contributed by atoms with Gasteiger partial charge in [0, 0.05) is 42.6 Å². The molecule has 6 nitrogen and oxygen atoms in total. The first kappa shape index (κ1) is 18.3. The Bertz CT molecular complexity index is 775. The molecule has 3 rings (SSSR count). The number of benzene rings is 1. The number of methoxy groups -OCH3 is 1. The van der Waals surface area contributed by atoms with Gasteiger partial charge in [-0.05, 0) is 31.4 Å². The number of fused-ring (bicyclic) bond motifs is 1. The maximum absolute atomic E-state index is 12.6. The lowest BCUT2D eigenvalue weighted by Crippen LogP contribution is -2.43. The van der Waals surface area contributed by atoms with Crippen molar-refractivity contribution in [2.24, 2.45) is 5.92 Å². The average Bonchev–Trinajstić information content (AvgIpc) is 3.08.